The molecule has 0 spiro atoms. The summed E-state index contributed by atoms with van der Waals surface area (Å²) in [6.07, 6.45) is 6.44. The first kappa shape index (κ1) is 14.2. The van der Waals surface area contributed by atoms with Gasteiger partial charge in [0.15, 0.2) is 5.96 Å². The molecule has 4 heteroatoms. The highest BCUT2D eigenvalue weighted by atomic mass is 15.1. The van der Waals surface area contributed by atoms with Crippen LogP contribution in [0.4, 0.5) is 5.69 Å². The van der Waals surface area contributed by atoms with Crippen LogP contribution in [0.25, 0.3) is 0 Å². The smallest absolute Gasteiger partial charge is 0.188 e. The molecule has 1 fully saturated rings. The first-order valence-corrected chi connectivity index (χ1v) is 8.09. The Bertz CT molecular complexity index is 520. The van der Waals surface area contributed by atoms with Gasteiger partial charge in [-0.25, -0.2) is 4.99 Å². The largest absolute Gasteiger partial charge is 0.374 e. The summed E-state index contributed by atoms with van der Waals surface area (Å²) in [6.45, 7) is 2.80. The van der Waals surface area contributed by atoms with Gasteiger partial charge in [0, 0.05) is 25.8 Å². The van der Waals surface area contributed by atoms with E-state index in [1.54, 1.807) is 0 Å². The van der Waals surface area contributed by atoms with Crippen LogP contribution in [-0.4, -0.2) is 26.1 Å². The van der Waals surface area contributed by atoms with E-state index < -0.39 is 0 Å². The maximum absolute atomic E-state index is 5.94. The second-order valence-electron chi connectivity index (χ2n) is 6.37. The Morgan fingerprint density at radius 1 is 1.38 bits per heavy atom. The second-order valence-corrected chi connectivity index (χ2v) is 6.37. The molecule has 1 saturated carbocycles. The zero-order valence-electron chi connectivity index (χ0n) is 12.9. The van der Waals surface area contributed by atoms with Gasteiger partial charge in [0.2, 0.25) is 0 Å². The SMILES string of the molecule is CN1CCCc2cc(CN=C(N)NCC3CCC3)ccc21. The second kappa shape index (κ2) is 6.37. The highest BCUT2D eigenvalue weighted by molar-refractivity contribution is 5.77. The van der Waals surface area contributed by atoms with Crippen molar-refractivity contribution in [3.63, 3.8) is 0 Å². The summed E-state index contributed by atoms with van der Waals surface area (Å²) in [7, 11) is 2.16. The lowest BCUT2D eigenvalue weighted by Crippen LogP contribution is -2.37. The molecule has 3 N–H and O–H groups in total. The normalized spacial score (nSPS) is 19.1. The average molecular weight is 286 g/mol. The van der Waals surface area contributed by atoms with Crippen molar-refractivity contribution in [1.29, 1.82) is 0 Å². The standard InChI is InChI=1S/C17H26N4/c1-21-9-3-6-15-10-14(7-8-16(15)21)12-20-17(18)19-11-13-4-2-5-13/h7-8,10,13H,2-6,9,11-12H2,1H3,(H3,18,19,20). The van der Waals surface area contributed by atoms with Gasteiger partial charge >= 0.3 is 0 Å². The van der Waals surface area contributed by atoms with Gasteiger partial charge in [0.1, 0.15) is 0 Å². The van der Waals surface area contributed by atoms with Crippen molar-refractivity contribution < 1.29 is 0 Å². The molecule has 1 aromatic rings. The zero-order chi connectivity index (χ0) is 14.7. The van der Waals surface area contributed by atoms with Crippen molar-refractivity contribution in [3.05, 3.63) is 29.3 Å². The molecule has 1 aromatic carbocycles. The number of hydrogen-bond acceptors (Lipinski definition) is 2. The number of nitrogens with zero attached hydrogens (tertiary/aromatic N) is 2. The van der Waals surface area contributed by atoms with E-state index >= 15 is 0 Å². The minimum atomic E-state index is 0.580. The van der Waals surface area contributed by atoms with Gasteiger partial charge in [0.05, 0.1) is 6.54 Å². The number of guanidine groups is 1. The van der Waals surface area contributed by atoms with E-state index in [9.17, 15) is 0 Å². The fourth-order valence-corrected chi connectivity index (χ4v) is 3.12. The number of rotatable bonds is 4. The van der Waals surface area contributed by atoms with E-state index in [0.29, 0.717) is 12.5 Å². The third-order valence-corrected chi connectivity index (χ3v) is 4.72. The van der Waals surface area contributed by atoms with Crippen molar-refractivity contribution in [1.82, 2.24) is 5.32 Å². The van der Waals surface area contributed by atoms with Crippen LogP contribution in [0.3, 0.4) is 0 Å². The minimum absolute atomic E-state index is 0.580. The summed E-state index contributed by atoms with van der Waals surface area (Å²) in [4.78, 5) is 6.80. The summed E-state index contributed by atoms with van der Waals surface area (Å²) in [5, 5.41) is 3.24. The molecule has 0 unspecified atom stereocenters. The van der Waals surface area contributed by atoms with E-state index in [-0.39, 0.29) is 0 Å². The molecule has 0 atom stereocenters. The highest BCUT2D eigenvalue weighted by Crippen LogP contribution is 2.27. The van der Waals surface area contributed by atoms with Crippen molar-refractivity contribution in [2.75, 3.05) is 25.0 Å². The Hall–Kier alpha value is -1.71. The monoisotopic (exact) mass is 286 g/mol. The molecule has 0 aromatic heterocycles. The van der Waals surface area contributed by atoms with Crippen LogP contribution in [0, 0.1) is 5.92 Å². The van der Waals surface area contributed by atoms with Crippen LogP contribution in [0.1, 0.15) is 36.8 Å². The Kier molecular flexibility index (Phi) is 4.32. The number of benzene rings is 1. The molecular weight excluding hydrogens is 260 g/mol. The topological polar surface area (TPSA) is 53.6 Å². The van der Waals surface area contributed by atoms with E-state index in [4.69, 9.17) is 5.73 Å². The summed E-state index contributed by atoms with van der Waals surface area (Å²) in [6, 6.07) is 6.67. The van der Waals surface area contributed by atoms with Gasteiger partial charge in [-0.05, 0) is 48.8 Å². The molecule has 4 nitrogen and oxygen atoms in total. The van der Waals surface area contributed by atoms with Crippen LogP contribution in [0.5, 0.6) is 0 Å². The molecule has 1 aliphatic heterocycles. The van der Waals surface area contributed by atoms with Gasteiger partial charge in [-0.3, -0.25) is 0 Å². The van der Waals surface area contributed by atoms with Gasteiger partial charge in [-0.2, -0.15) is 0 Å². The summed E-state index contributed by atoms with van der Waals surface area (Å²) in [5.41, 5.74) is 9.99. The van der Waals surface area contributed by atoms with Crippen molar-refractivity contribution in [3.8, 4) is 0 Å². The van der Waals surface area contributed by atoms with E-state index in [2.05, 4.69) is 40.5 Å². The fourth-order valence-electron chi connectivity index (χ4n) is 3.12. The quantitative estimate of drug-likeness (QED) is 0.659. The number of nitrogens with one attached hydrogen (secondary N) is 1. The molecule has 114 valence electrons. The zero-order valence-corrected chi connectivity index (χ0v) is 12.9. The summed E-state index contributed by atoms with van der Waals surface area (Å²) < 4.78 is 0. The van der Waals surface area contributed by atoms with Crippen LogP contribution < -0.4 is 16.0 Å². The average Bonchev–Trinajstić information content (AvgIpc) is 2.43. The lowest BCUT2D eigenvalue weighted by molar-refractivity contribution is 0.315. The fraction of sp³-hybridized carbons (Fsp3) is 0.588. The number of nitrogens with two attached hydrogens (primary N) is 1. The van der Waals surface area contributed by atoms with Gasteiger partial charge < -0.3 is 16.0 Å². The van der Waals surface area contributed by atoms with Crippen molar-refractivity contribution in [2.45, 2.75) is 38.6 Å². The van der Waals surface area contributed by atoms with Gasteiger partial charge in [0.25, 0.3) is 0 Å². The van der Waals surface area contributed by atoms with E-state index in [1.807, 2.05) is 0 Å². The molecule has 0 saturated heterocycles. The third-order valence-electron chi connectivity index (χ3n) is 4.72. The molecule has 21 heavy (non-hydrogen) atoms. The molecule has 0 bridgehead atoms. The van der Waals surface area contributed by atoms with Crippen LogP contribution in [-0.2, 0) is 13.0 Å². The van der Waals surface area contributed by atoms with Crippen LogP contribution in [0.15, 0.2) is 23.2 Å². The maximum atomic E-state index is 5.94. The number of hydrogen-bond donors (Lipinski definition) is 2. The molecular formula is C17H26N4. The molecule has 1 heterocycles. The number of aliphatic imine (C=N–C) groups is 1. The first-order chi connectivity index (χ1) is 10.2. The minimum Gasteiger partial charge on any atom is -0.374 e. The van der Waals surface area contributed by atoms with E-state index in [1.165, 1.54) is 48.9 Å². The van der Waals surface area contributed by atoms with Crippen LogP contribution >= 0.6 is 0 Å². The molecule has 0 amide bonds. The molecule has 0 radical (unpaired) electrons. The third kappa shape index (κ3) is 3.49. The van der Waals surface area contributed by atoms with Crippen molar-refractivity contribution in [2.24, 2.45) is 16.6 Å². The van der Waals surface area contributed by atoms with Crippen LogP contribution in [0.2, 0.25) is 0 Å². The maximum Gasteiger partial charge on any atom is 0.188 e. The lowest BCUT2D eigenvalue weighted by Gasteiger charge is -2.27. The van der Waals surface area contributed by atoms with Gasteiger partial charge in [-0.15, -0.1) is 0 Å². The summed E-state index contributed by atoms with van der Waals surface area (Å²) >= 11 is 0. The van der Waals surface area contributed by atoms with E-state index in [0.717, 1.165) is 19.0 Å². The predicted octanol–water partition coefficient (Wildman–Crippen LogP) is 2.27. The van der Waals surface area contributed by atoms with Gasteiger partial charge in [-0.1, -0.05) is 18.6 Å². The molecule has 3 rings (SSSR count). The highest BCUT2D eigenvalue weighted by Gasteiger charge is 2.17. The lowest BCUT2D eigenvalue weighted by atomic mass is 9.85. The summed E-state index contributed by atoms with van der Waals surface area (Å²) in [5.74, 6) is 1.38. The number of fused-ring (bicyclic) bond motifs is 1. The Morgan fingerprint density at radius 3 is 3.00 bits per heavy atom. The number of aryl methyl sites for hydroxylation is 1. The first-order valence-electron chi connectivity index (χ1n) is 8.09. The molecule has 2 aliphatic rings. The Balaban J connectivity index is 1.56. The Labute approximate surface area is 127 Å². The van der Waals surface area contributed by atoms with Crippen molar-refractivity contribution >= 4 is 11.6 Å². The predicted molar refractivity (Wildman–Crippen MR) is 88.7 cm³/mol. The number of anilines is 1. The molecule has 1 aliphatic carbocycles. The Morgan fingerprint density at radius 2 is 2.24 bits per heavy atom.